The van der Waals surface area contributed by atoms with Gasteiger partial charge >= 0.3 is 5.97 Å². The molecule has 0 saturated heterocycles. The highest BCUT2D eigenvalue weighted by molar-refractivity contribution is 5.98. The summed E-state index contributed by atoms with van der Waals surface area (Å²) < 4.78 is 32.2. The number of hydrogen-bond acceptors (Lipinski definition) is 3. The van der Waals surface area contributed by atoms with Gasteiger partial charge < -0.3 is 14.6 Å². The highest BCUT2D eigenvalue weighted by Gasteiger charge is 2.34. The summed E-state index contributed by atoms with van der Waals surface area (Å²) >= 11 is 0. The molecule has 1 aromatic heterocycles. The Hall–Kier alpha value is -2.77. The molecule has 1 aliphatic carbocycles. The maximum absolute atomic E-state index is 15.4. The van der Waals surface area contributed by atoms with Crippen LogP contribution in [0.2, 0.25) is 0 Å². The van der Waals surface area contributed by atoms with E-state index in [0.29, 0.717) is 19.5 Å². The van der Waals surface area contributed by atoms with Gasteiger partial charge in [0.2, 0.25) is 0 Å². The van der Waals surface area contributed by atoms with Crippen LogP contribution < -0.4 is 0 Å². The standard InChI is InChI=1S/C28H33F2N3O2/c1-31(2)11-12-32-13-14-33-25-15-18(28(34)35)8-10-22(25)26(21-5-3-4-6-24(21)30)27(33)23-16-20(29)9-7-19(23)17-32/h7-10,15-16,21,24H,3-6,11-14,17H2,1-2H3,(H,34,35)/t21-,24-/m1/s1. The Balaban J connectivity index is 1.76. The summed E-state index contributed by atoms with van der Waals surface area (Å²) in [5.41, 5.74) is 4.57. The number of aromatic nitrogens is 1. The summed E-state index contributed by atoms with van der Waals surface area (Å²) in [5.74, 6) is -1.59. The number of carboxylic acid groups (broad SMARTS) is 1. The Kier molecular flexibility index (Phi) is 6.64. The lowest BCUT2D eigenvalue weighted by atomic mass is 9.80. The normalized spacial score (nSPS) is 20.9. The lowest BCUT2D eigenvalue weighted by molar-refractivity contribution is 0.0697. The van der Waals surface area contributed by atoms with E-state index in [1.54, 1.807) is 18.2 Å². The fraction of sp³-hybridized carbons (Fsp3) is 0.464. The van der Waals surface area contributed by atoms with Crippen LogP contribution in [0.1, 0.15) is 53.1 Å². The van der Waals surface area contributed by atoms with Gasteiger partial charge in [0.05, 0.1) is 11.3 Å². The molecule has 0 unspecified atom stereocenters. The summed E-state index contributed by atoms with van der Waals surface area (Å²) in [4.78, 5) is 16.3. The van der Waals surface area contributed by atoms with Crippen LogP contribution in [0, 0.1) is 5.82 Å². The van der Waals surface area contributed by atoms with Gasteiger partial charge in [0.25, 0.3) is 0 Å². The fourth-order valence-electron chi connectivity index (χ4n) is 5.82. The molecule has 2 atom stereocenters. The molecule has 5 rings (SSSR count). The topological polar surface area (TPSA) is 48.7 Å². The third-order valence-corrected chi connectivity index (χ3v) is 7.63. The van der Waals surface area contributed by atoms with E-state index < -0.39 is 12.1 Å². The van der Waals surface area contributed by atoms with Crippen LogP contribution in [-0.4, -0.2) is 65.3 Å². The van der Waals surface area contributed by atoms with Crippen LogP contribution in [0.4, 0.5) is 8.78 Å². The number of halogens is 2. The molecule has 5 nitrogen and oxygen atoms in total. The second kappa shape index (κ2) is 9.70. The summed E-state index contributed by atoms with van der Waals surface area (Å²) in [7, 11) is 4.09. The molecule has 1 N–H and O–H groups in total. The molecule has 2 heterocycles. The van der Waals surface area contributed by atoms with Crippen LogP contribution in [0.25, 0.3) is 22.2 Å². The Morgan fingerprint density at radius 1 is 1.11 bits per heavy atom. The van der Waals surface area contributed by atoms with Gasteiger partial charge in [0.1, 0.15) is 12.0 Å². The van der Waals surface area contributed by atoms with Crippen molar-refractivity contribution in [3.63, 3.8) is 0 Å². The number of nitrogens with zero attached hydrogens (tertiary/aromatic N) is 3. The van der Waals surface area contributed by atoms with Gasteiger partial charge in [-0.15, -0.1) is 0 Å². The van der Waals surface area contributed by atoms with Crippen LogP contribution in [-0.2, 0) is 13.1 Å². The zero-order valence-electron chi connectivity index (χ0n) is 20.4. The van der Waals surface area contributed by atoms with Gasteiger partial charge in [0, 0.05) is 55.1 Å². The Labute approximate surface area is 204 Å². The van der Waals surface area contributed by atoms with E-state index >= 15 is 4.39 Å². The number of hydrogen-bond donors (Lipinski definition) is 1. The summed E-state index contributed by atoms with van der Waals surface area (Å²) in [6.45, 7) is 3.84. The smallest absolute Gasteiger partial charge is 0.335 e. The van der Waals surface area contributed by atoms with E-state index in [2.05, 4.69) is 14.4 Å². The van der Waals surface area contributed by atoms with Gasteiger partial charge in [-0.3, -0.25) is 4.90 Å². The van der Waals surface area contributed by atoms with Crippen molar-refractivity contribution in [1.29, 1.82) is 0 Å². The van der Waals surface area contributed by atoms with E-state index in [9.17, 15) is 14.3 Å². The predicted molar refractivity (Wildman–Crippen MR) is 134 cm³/mol. The molecule has 1 saturated carbocycles. The minimum atomic E-state index is -0.991. The zero-order valence-corrected chi connectivity index (χ0v) is 20.4. The number of fused-ring (bicyclic) bond motifs is 5. The first-order chi connectivity index (χ1) is 16.8. The monoisotopic (exact) mass is 481 g/mol. The van der Waals surface area contributed by atoms with E-state index in [4.69, 9.17) is 0 Å². The predicted octanol–water partition coefficient (Wildman–Crippen LogP) is 5.52. The maximum Gasteiger partial charge on any atom is 0.335 e. The molecule has 0 amide bonds. The molecule has 0 bridgehead atoms. The van der Waals surface area contributed by atoms with Crippen molar-refractivity contribution < 1.29 is 18.7 Å². The molecule has 0 spiro atoms. The highest BCUT2D eigenvalue weighted by atomic mass is 19.1. The molecule has 186 valence electrons. The van der Waals surface area contributed by atoms with Crippen molar-refractivity contribution in [1.82, 2.24) is 14.4 Å². The Morgan fingerprint density at radius 2 is 1.91 bits per heavy atom. The summed E-state index contributed by atoms with van der Waals surface area (Å²) in [6, 6.07) is 10.1. The third-order valence-electron chi connectivity index (χ3n) is 7.63. The molecule has 7 heteroatoms. The average Bonchev–Trinajstić information content (AvgIpc) is 3.13. The van der Waals surface area contributed by atoms with E-state index in [0.717, 1.165) is 72.2 Å². The zero-order chi connectivity index (χ0) is 24.7. The van der Waals surface area contributed by atoms with Crippen LogP contribution in [0.3, 0.4) is 0 Å². The minimum Gasteiger partial charge on any atom is -0.478 e. The molecular weight excluding hydrogens is 448 g/mol. The largest absolute Gasteiger partial charge is 0.478 e. The highest BCUT2D eigenvalue weighted by Crippen LogP contribution is 2.46. The molecule has 35 heavy (non-hydrogen) atoms. The number of carbonyl (C=O) groups is 1. The number of aromatic carboxylic acids is 1. The first-order valence-corrected chi connectivity index (χ1v) is 12.5. The van der Waals surface area contributed by atoms with Crippen LogP contribution in [0.15, 0.2) is 36.4 Å². The quantitative estimate of drug-likeness (QED) is 0.522. The lowest BCUT2D eigenvalue weighted by Crippen LogP contribution is -2.35. The molecular formula is C28H33F2N3O2. The van der Waals surface area contributed by atoms with Crippen molar-refractivity contribution in [2.24, 2.45) is 0 Å². The number of benzene rings is 2. The van der Waals surface area contributed by atoms with Crippen molar-refractivity contribution in [3.8, 4) is 11.3 Å². The van der Waals surface area contributed by atoms with Gasteiger partial charge in [-0.1, -0.05) is 25.0 Å². The Bertz CT molecular complexity index is 1250. The minimum absolute atomic E-state index is 0.204. The number of carboxylic acids is 1. The van der Waals surface area contributed by atoms with Gasteiger partial charge in [-0.05, 0) is 62.3 Å². The first-order valence-electron chi connectivity index (χ1n) is 12.5. The van der Waals surface area contributed by atoms with Crippen molar-refractivity contribution in [2.45, 2.75) is 50.9 Å². The van der Waals surface area contributed by atoms with Gasteiger partial charge in [0.15, 0.2) is 0 Å². The van der Waals surface area contributed by atoms with Gasteiger partial charge in [-0.2, -0.15) is 0 Å². The Morgan fingerprint density at radius 3 is 2.66 bits per heavy atom. The molecule has 0 radical (unpaired) electrons. The van der Waals surface area contributed by atoms with Crippen molar-refractivity contribution >= 4 is 16.9 Å². The van der Waals surface area contributed by atoms with E-state index in [1.807, 2.05) is 26.2 Å². The van der Waals surface area contributed by atoms with Crippen LogP contribution >= 0.6 is 0 Å². The summed E-state index contributed by atoms with van der Waals surface area (Å²) in [6.07, 6.45) is 2.14. The molecule has 2 aliphatic rings. The van der Waals surface area contributed by atoms with Crippen molar-refractivity contribution in [3.05, 3.63) is 58.9 Å². The molecule has 2 aromatic carbocycles. The second-order valence-electron chi connectivity index (χ2n) is 10.2. The number of likely N-dealkylation sites (N-methyl/N-ethyl adjacent to an activating group) is 1. The number of rotatable bonds is 5. The SMILES string of the molecule is CN(C)CCN1CCn2c(c([C@@H]3CCCC[C@H]3F)c3ccc(C(=O)O)cc32)-c2cc(F)ccc2C1. The van der Waals surface area contributed by atoms with Gasteiger partial charge in [-0.25, -0.2) is 13.6 Å². The lowest BCUT2D eigenvalue weighted by Gasteiger charge is -2.31. The molecule has 3 aromatic rings. The molecule has 1 aliphatic heterocycles. The average molecular weight is 482 g/mol. The summed E-state index contributed by atoms with van der Waals surface area (Å²) in [5, 5.41) is 10.6. The fourth-order valence-corrected chi connectivity index (χ4v) is 5.82. The second-order valence-corrected chi connectivity index (χ2v) is 10.2. The third kappa shape index (κ3) is 4.59. The van der Waals surface area contributed by atoms with E-state index in [-0.39, 0.29) is 17.3 Å². The van der Waals surface area contributed by atoms with Crippen LogP contribution in [0.5, 0.6) is 0 Å². The maximum atomic E-state index is 15.4. The number of alkyl halides is 1. The van der Waals surface area contributed by atoms with E-state index in [1.165, 1.54) is 6.07 Å². The van der Waals surface area contributed by atoms with Crippen molar-refractivity contribution in [2.75, 3.05) is 33.7 Å². The first kappa shape index (κ1) is 23.9. The molecule has 1 fully saturated rings.